The van der Waals surface area contributed by atoms with Crippen LogP contribution in [0.4, 0.5) is 31.5 Å². The van der Waals surface area contributed by atoms with Crippen molar-refractivity contribution < 1.29 is 122 Å². The average molecular weight is 1840 g/mol. The first-order valence-corrected chi connectivity index (χ1v) is 43.0. The van der Waals surface area contributed by atoms with E-state index in [0.29, 0.717) is 83.7 Å². The van der Waals surface area contributed by atoms with Gasteiger partial charge in [0.05, 0.1) is 65.2 Å². The lowest BCUT2D eigenvalue weighted by Gasteiger charge is -2.28. The van der Waals surface area contributed by atoms with Gasteiger partial charge in [0, 0.05) is 133 Å². The van der Waals surface area contributed by atoms with E-state index in [0.717, 1.165) is 55.4 Å². The van der Waals surface area contributed by atoms with Gasteiger partial charge < -0.3 is 68.1 Å². The van der Waals surface area contributed by atoms with Crippen LogP contribution >= 0.6 is 0 Å². The van der Waals surface area contributed by atoms with Gasteiger partial charge in [-0.3, -0.25) is 28.8 Å². The van der Waals surface area contributed by atoms with E-state index in [1.807, 2.05) is 136 Å². The summed E-state index contributed by atoms with van der Waals surface area (Å²) < 4.78 is 121. The summed E-state index contributed by atoms with van der Waals surface area (Å²) in [5.74, 6) is -16.4. The molecule has 0 aliphatic heterocycles. The Balaban J connectivity index is 0.000000284. The van der Waals surface area contributed by atoms with Crippen LogP contribution in [0, 0.1) is 35.0 Å². The second kappa shape index (κ2) is 53.0. The van der Waals surface area contributed by atoms with Gasteiger partial charge in [-0.1, -0.05) is 133 Å². The molecule has 7 aromatic carbocycles. The number of carbonyl (C=O) groups is 8. The number of aryl methyl sites for hydroxylation is 2. The Morgan fingerprint density at radius 3 is 1.19 bits per heavy atom. The zero-order chi connectivity index (χ0) is 96.8. The van der Waals surface area contributed by atoms with Crippen LogP contribution in [0.25, 0.3) is 44.1 Å². The van der Waals surface area contributed by atoms with Gasteiger partial charge in [0.2, 0.25) is 46.6 Å². The van der Waals surface area contributed by atoms with Gasteiger partial charge in [-0.05, 0) is 148 Å². The number of hydrogen-bond donors (Lipinski definition) is 3. The molecule has 2 aliphatic rings. The first-order valence-electron chi connectivity index (χ1n) is 43.0. The lowest BCUT2D eigenvalue weighted by atomic mass is 9.94. The van der Waals surface area contributed by atoms with Crippen molar-refractivity contribution in [1.29, 1.82) is 0 Å². The number of hydrogen-bond acceptors (Lipinski definition) is 24. The number of carbonyl (C=O) groups excluding carboxylic acids is 12. The van der Waals surface area contributed by atoms with Crippen molar-refractivity contribution >= 4 is 81.8 Å². The Hall–Kier alpha value is -12.7. The largest absolute Gasteiger partial charge is 0.460 e. The molecule has 2 aromatic heterocycles. The SMILES string of the molecule is CCOCCOCCNC(=O)[C@@H](N)CCC(=O)OC(C)(C)C.CCOCCOCCNC(=O)[C@H](CCC(=O)OC(C)(C)C)CC(=O)CCn1c(CN(C)N(C)C(=O)OCC2c3ccccc3-c3ccccc32)cc2ccccc21.CN(Cc1cc2ccccc2n1CCC(=O)Oc1c(F)c(F)c(F)c(F)c1F)N(C)C(=O)OCC1c2ccccc2-c2ccccc21.O=C=O.O=C=O. The lowest BCUT2D eigenvalue weighted by molar-refractivity contribution is -0.193. The molecule has 710 valence electrons. The van der Waals surface area contributed by atoms with Crippen LogP contribution in [0.1, 0.15) is 146 Å². The Bertz CT molecular complexity index is 5300. The topological polar surface area (TPSA) is 361 Å². The first kappa shape index (κ1) is 106. The highest BCUT2D eigenvalue weighted by Crippen LogP contribution is 2.46. The third-order valence-electron chi connectivity index (χ3n) is 21.0. The molecule has 0 unspecified atom stereocenters. The van der Waals surface area contributed by atoms with Crippen molar-refractivity contribution in [3.8, 4) is 28.0 Å². The van der Waals surface area contributed by atoms with Crippen LogP contribution in [-0.2, 0) is 112 Å². The van der Waals surface area contributed by atoms with Gasteiger partial charge in [-0.25, -0.2) is 42.8 Å². The maximum Gasteiger partial charge on any atom is 0.424 e. The number of benzene rings is 7. The number of rotatable bonds is 41. The van der Waals surface area contributed by atoms with Crippen LogP contribution in [-0.4, -0.2) is 214 Å². The average Bonchev–Trinajstić information content (AvgIpc) is 1.62. The van der Waals surface area contributed by atoms with Crippen LogP contribution < -0.4 is 21.1 Å². The molecule has 0 saturated heterocycles. The summed E-state index contributed by atoms with van der Waals surface area (Å²) in [4.78, 5) is 134. The summed E-state index contributed by atoms with van der Waals surface area (Å²) in [6.45, 7) is 20.4. The van der Waals surface area contributed by atoms with Crippen LogP contribution in [0.15, 0.2) is 158 Å². The van der Waals surface area contributed by atoms with Gasteiger partial charge in [0.25, 0.3) is 0 Å². The summed E-state index contributed by atoms with van der Waals surface area (Å²) in [7, 11) is 6.76. The van der Waals surface area contributed by atoms with E-state index >= 15 is 0 Å². The summed E-state index contributed by atoms with van der Waals surface area (Å²) in [6.07, 6.45) is -0.271. The van der Waals surface area contributed by atoms with Crippen molar-refractivity contribution in [3.05, 3.63) is 220 Å². The van der Waals surface area contributed by atoms with Gasteiger partial charge >= 0.3 is 42.4 Å². The van der Waals surface area contributed by atoms with E-state index in [1.165, 1.54) is 21.1 Å². The summed E-state index contributed by atoms with van der Waals surface area (Å²) in [5, 5.41) is 13.6. The number of amides is 4. The number of nitrogens with zero attached hydrogens (tertiary/aromatic N) is 6. The molecule has 0 spiro atoms. The number of aromatic nitrogens is 2. The number of halogens is 5. The summed E-state index contributed by atoms with van der Waals surface area (Å²) >= 11 is 0. The quantitative estimate of drug-likeness (QED) is 0.00468. The Morgan fingerprint density at radius 1 is 0.447 bits per heavy atom. The summed E-state index contributed by atoms with van der Waals surface area (Å²) in [5.41, 5.74) is 16.8. The normalized spacial score (nSPS) is 12.2. The molecular weight excluding hydrogens is 1720 g/mol. The van der Waals surface area contributed by atoms with E-state index in [1.54, 1.807) is 89.4 Å². The molecule has 4 amide bonds. The fourth-order valence-electron chi connectivity index (χ4n) is 14.6. The highest BCUT2D eigenvalue weighted by atomic mass is 19.2. The molecule has 35 heteroatoms. The van der Waals surface area contributed by atoms with Crippen molar-refractivity contribution in [2.75, 3.05) is 107 Å². The lowest BCUT2D eigenvalue weighted by Crippen LogP contribution is -2.42. The maximum absolute atomic E-state index is 14.1. The standard InChI is InChI=1S/C45H58N4O8.C35H28F5N3O4.C15H30N2O5.2CO2/c1-7-54-26-27-55-25-23-46-43(52)33(20-21-42(51)57-45(2,3)4)29-35(50)22-24-49-34(28-32-14-8-13-19-41(32)49)30-47(5)48(6)44(53)56-31-40-38-17-11-9-15-36(38)37-16-10-12-18-39(37)40;1-41(42(2)35(45)46-19-26-24-12-6-4-10-22(24)23-11-5-7-13-25(23)26)18-21-17-20-9-3-8-14-27(20)43(21)16-15-28(44)47-34-32(39)30(37)29(36)31(38)33(34)40;1-5-20-10-11-21-9-8-17-14(19)12(16)6-7-13(18)22-15(2,3)4;2*2-1-3/h8-19,28,33,40H,7,20-27,29-31H2,1-6H3,(H,46,52);3-14,17,26H,15-16,18-19H2,1-2H3;12H,5-11,16H2,1-4H3,(H,17,19);;/t33-;;12-;;/m1.0../s1. The second-order valence-electron chi connectivity index (χ2n) is 32.5. The maximum atomic E-state index is 14.1. The number of nitrogens with one attached hydrogen (secondary N) is 2. The molecule has 0 fully saturated rings. The minimum Gasteiger partial charge on any atom is -0.460 e. The molecule has 2 heterocycles. The Morgan fingerprint density at radius 2 is 0.795 bits per heavy atom. The third-order valence-corrected chi connectivity index (χ3v) is 21.0. The molecular formula is C97H116F5N9O21. The minimum atomic E-state index is -2.35. The fourth-order valence-corrected chi connectivity index (χ4v) is 14.6. The van der Waals surface area contributed by atoms with E-state index < -0.39 is 88.5 Å². The van der Waals surface area contributed by atoms with E-state index in [-0.39, 0.29) is 119 Å². The van der Waals surface area contributed by atoms with Crippen LogP contribution in [0.2, 0.25) is 0 Å². The number of ether oxygens (including phenoxy) is 9. The smallest absolute Gasteiger partial charge is 0.424 e. The number of ketones is 1. The van der Waals surface area contributed by atoms with Crippen LogP contribution in [0.3, 0.4) is 0 Å². The monoisotopic (exact) mass is 1840 g/mol. The molecule has 0 saturated carbocycles. The zero-order valence-electron chi connectivity index (χ0n) is 76.3. The highest BCUT2D eigenvalue weighted by Gasteiger charge is 2.35. The fraction of sp³-hybridized carbons (Fsp3) is 0.423. The molecule has 11 rings (SSSR count). The number of Topliss-reactive ketones (excluding diaryl/α,β-unsaturated/α-hetero) is 1. The van der Waals surface area contributed by atoms with E-state index in [2.05, 4.69) is 50.3 Å². The molecule has 2 atom stereocenters. The number of hydrazine groups is 2. The predicted octanol–water partition coefficient (Wildman–Crippen LogP) is 14.1. The molecule has 4 N–H and O–H groups in total. The number of para-hydroxylation sites is 2. The van der Waals surface area contributed by atoms with Crippen molar-refractivity contribution in [3.63, 3.8) is 0 Å². The predicted molar refractivity (Wildman–Crippen MR) is 475 cm³/mol. The van der Waals surface area contributed by atoms with Gasteiger partial charge in [0.15, 0.2) is 0 Å². The molecule has 9 aromatic rings. The molecule has 0 radical (unpaired) electrons. The van der Waals surface area contributed by atoms with Crippen molar-refractivity contribution in [2.45, 2.75) is 156 Å². The van der Waals surface area contributed by atoms with Crippen molar-refractivity contribution in [2.24, 2.45) is 11.7 Å². The van der Waals surface area contributed by atoms with Gasteiger partial charge in [0.1, 0.15) is 30.2 Å². The van der Waals surface area contributed by atoms with Crippen molar-refractivity contribution in [1.82, 2.24) is 39.8 Å². The number of esters is 3. The minimum absolute atomic E-state index is 0.0151. The summed E-state index contributed by atoms with van der Waals surface area (Å²) in [6, 6.07) is 50.9. The Kier molecular flexibility index (Phi) is 42.7. The van der Waals surface area contributed by atoms with E-state index in [9.17, 15) is 60.3 Å². The van der Waals surface area contributed by atoms with Gasteiger partial charge in [-0.15, -0.1) is 0 Å². The number of fused-ring (bicyclic) bond motifs is 8. The number of nitrogens with two attached hydrogens (primary N) is 1. The third kappa shape index (κ3) is 31.8. The molecule has 132 heavy (non-hydrogen) atoms. The van der Waals surface area contributed by atoms with E-state index in [4.69, 9.17) is 62.8 Å². The molecule has 0 bridgehead atoms. The van der Waals surface area contributed by atoms with Crippen LogP contribution in [0.5, 0.6) is 5.75 Å². The molecule has 2 aliphatic carbocycles. The second-order valence-corrected chi connectivity index (χ2v) is 32.5. The van der Waals surface area contributed by atoms with Gasteiger partial charge in [-0.2, -0.15) is 28.0 Å². The zero-order valence-corrected chi connectivity index (χ0v) is 76.3. The Labute approximate surface area is 763 Å². The molecule has 30 nitrogen and oxygen atoms in total. The first-order chi connectivity index (χ1) is 63.0. The highest BCUT2D eigenvalue weighted by molar-refractivity contribution is 5.88.